The molecule has 3 aromatic rings. The maximum Gasteiger partial charge on any atom is 0.276 e. The summed E-state index contributed by atoms with van der Waals surface area (Å²) in [4.78, 5) is 32.8. The fourth-order valence-corrected chi connectivity index (χ4v) is 5.67. The van der Waals surface area contributed by atoms with Crippen LogP contribution in [0.5, 0.6) is 0 Å². The van der Waals surface area contributed by atoms with E-state index in [4.69, 9.17) is 11.6 Å². The van der Waals surface area contributed by atoms with E-state index in [0.717, 1.165) is 25.8 Å². The highest BCUT2D eigenvalue weighted by atomic mass is 35.5. The van der Waals surface area contributed by atoms with E-state index < -0.39 is 0 Å². The molecule has 8 heteroatoms. The number of thiophene rings is 1. The van der Waals surface area contributed by atoms with Gasteiger partial charge in [-0.2, -0.15) is 0 Å². The third kappa shape index (κ3) is 4.09. The van der Waals surface area contributed by atoms with Crippen molar-refractivity contribution in [2.75, 3.05) is 12.3 Å². The van der Waals surface area contributed by atoms with Crippen molar-refractivity contribution in [2.24, 2.45) is 0 Å². The molecule has 1 aromatic carbocycles. The Balaban J connectivity index is 1.68. The van der Waals surface area contributed by atoms with Crippen LogP contribution in [0.25, 0.3) is 15.9 Å². The largest absolute Gasteiger partial charge is 0.339 e. The Morgan fingerprint density at radius 3 is 2.93 bits per heavy atom. The molecule has 152 valence electrons. The van der Waals surface area contributed by atoms with Gasteiger partial charge in [0.25, 0.3) is 5.56 Å². The van der Waals surface area contributed by atoms with Crippen molar-refractivity contribution in [2.45, 2.75) is 43.8 Å². The molecule has 3 heterocycles. The number of nitrogens with zero attached hydrogens (tertiary/aromatic N) is 3. The van der Waals surface area contributed by atoms with E-state index in [9.17, 15) is 9.59 Å². The summed E-state index contributed by atoms with van der Waals surface area (Å²) in [5, 5.41) is 2.82. The summed E-state index contributed by atoms with van der Waals surface area (Å²) in [5.74, 6) is 0.357. The number of aromatic nitrogens is 2. The number of carbonyl (C=O) groups excluding carboxylic acids is 1. The first kappa shape index (κ1) is 20.4. The summed E-state index contributed by atoms with van der Waals surface area (Å²) in [5.41, 5.74) is 1.08. The van der Waals surface area contributed by atoms with Crippen LogP contribution in [0.1, 0.15) is 32.6 Å². The zero-order valence-electron chi connectivity index (χ0n) is 16.1. The minimum absolute atomic E-state index is 0.104. The third-order valence-corrected chi connectivity index (χ3v) is 7.42. The fraction of sp³-hybridized carbons (Fsp3) is 0.381. The van der Waals surface area contributed by atoms with Crippen molar-refractivity contribution in [3.05, 3.63) is 51.1 Å². The van der Waals surface area contributed by atoms with E-state index in [1.807, 2.05) is 28.5 Å². The summed E-state index contributed by atoms with van der Waals surface area (Å²) < 4.78 is 2.12. The third-order valence-electron chi connectivity index (χ3n) is 5.29. The van der Waals surface area contributed by atoms with Gasteiger partial charge in [-0.15, -0.1) is 11.3 Å². The van der Waals surface area contributed by atoms with Gasteiger partial charge in [0.15, 0.2) is 5.16 Å². The van der Waals surface area contributed by atoms with Gasteiger partial charge in [0, 0.05) is 12.6 Å². The fourth-order valence-electron chi connectivity index (χ4n) is 3.80. The second kappa shape index (κ2) is 8.90. The highest BCUT2D eigenvalue weighted by Gasteiger charge is 2.26. The number of hydrogen-bond donors (Lipinski definition) is 0. The monoisotopic (exact) mass is 447 g/mol. The van der Waals surface area contributed by atoms with E-state index in [0.29, 0.717) is 32.1 Å². The Labute approximate surface area is 182 Å². The van der Waals surface area contributed by atoms with E-state index in [2.05, 4.69) is 11.9 Å². The summed E-state index contributed by atoms with van der Waals surface area (Å²) in [6.45, 7) is 2.94. The summed E-state index contributed by atoms with van der Waals surface area (Å²) in [6, 6.07) is 9.36. The van der Waals surface area contributed by atoms with Crippen molar-refractivity contribution >= 4 is 50.8 Å². The SMILES string of the molecule is CC[C@H]1CCCCN1C(=O)CSc1nc2ccsc2c(=O)n1-c1ccccc1Cl. The van der Waals surface area contributed by atoms with Crippen LogP contribution < -0.4 is 5.56 Å². The Morgan fingerprint density at radius 1 is 1.31 bits per heavy atom. The number of para-hydroxylation sites is 1. The topological polar surface area (TPSA) is 55.2 Å². The molecule has 1 aliphatic rings. The summed E-state index contributed by atoms with van der Waals surface area (Å²) in [6.07, 6.45) is 4.27. The molecule has 0 N–H and O–H groups in total. The van der Waals surface area contributed by atoms with Crippen LogP contribution in [-0.4, -0.2) is 38.7 Å². The van der Waals surface area contributed by atoms with Crippen LogP contribution in [0, 0.1) is 0 Å². The molecule has 1 saturated heterocycles. The Morgan fingerprint density at radius 2 is 2.14 bits per heavy atom. The predicted molar refractivity (Wildman–Crippen MR) is 121 cm³/mol. The number of hydrogen-bond acceptors (Lipinski definition) is 5. The lowest BCUT2D eigenvalue weighted by Crippen LogP contribution is -2.44. The maximum atomic E-state index is 13.2. The van der Waals surface area contributed by atoms with E-state index >= 15 is 0 Å². The van der Waals surface area contributed by atoms with Crippen molar-refractivity contribution in [3.8, 4) is 5.69 Å². The molecule has 0 bridgehead atoms. The lowest BCUT2D eigenvalue weighted by molar-refractivity contribution is -0.132. The molecule has 0 saturated carbocycles. The number of thioether (sulfide) groups is 1. The Bertz CT molecular complexity index is 1090. The number of halogens is 1. The zero-order valence-corrected chi connectivity index (χ0v) is 18.5. The first-order valence-electron chi connectivity index (χ1n) is 9.77. The highest BCUT2D eigenvalue weighted by molar-refractivity contribution is 7.99. The minimum Gasteiger partial charge on any atom is -0.339 e. The molecular formula is C21H22ClN3O2S2. The molecule has 4 rings (SSSR count). The predicted octanol–water partition coefficient (Wildman–Crippen LogP) is 4.98. The average molecular weight is 448 g/mol. The van der Waals surface area contributed by atoms with Crippen molar-refractivity contribution in [1.82, 2.24) is 14.5 Å². The second-order valence-corrected chi connectivity index (χ2v) is 9.32. The van der Waals surface area contributed by atoms with Crippen LogP contribution in [0.4, 0.5) is 0 Å². The maximum absolute atomic E-state index is 13.2. The van der Waals surface area contributed by atoms with Gasteiger partial charge in [0.2, 0.25) is 5.91 Å². The van der Waals surface area contributed by atoms with E-state index in [1.54, 1.807) is 12.1 Å². The molecule has 1 aliphatic heterocycles. The lowest BCUT2D eigenvalue weighted by atomic mass is 10.0. The molecule has 1 atom stereocenters. The van der Waals surface area contributed by atoms with Crippen LogP contribution in [0.3, 0.4) is 0 Å². The van der Waals surface area contributed by atoms with Crippen molar-refractivity contribution < 1.29 is 4.79 Å². The van der Waals surface area contributed by atoms with E-state index in [-0.39, 0.29) is 17.2 Å². The molecule has 2 aromatic heterocycles. The lowest BCUT2D eigenvalue weighted by Gasteiger charge is -2.35. The molecule has 0 unspecified atom stereocenters. The molecule has 29 heavy (non-hydrogen) atoms. The number of fused-ring (bicyclic) bond motifs is 1. The van der Waals surface area contributed by atoms with Gasteiger partial charge in [-0.1, -0.05) is 42.4 Å². The first-order chi connectivity index (χ1) is 14.1. The van der Waals surface area contributed by atoms with Crippen molar-refractivity contribution in [3.63, 3.8) is 0 Å². The van der Waals surface area contributed by atoms with Crippen LogP contribution in [0.2, 0.25) is 5.02 Å². The number of carbonyl (C=O) groups is 1. The van der Waals surface area contributed by atoms with Gasteiger partial charge in [-0.05, 0) is 49.3 Å². The zero-order chi connectivity index (χ0) is 20.4. The first-order valence-corrected chi connectivity index (χ1v) is 12.0. The normalized spacial score (nSPS) is 17.0. The van der Waals surface area contributed by atoms with Gasteiger partial charge >= 0.3 is 0 Å². The Hall–Kier alpha value is -1.83. The summed E-state index contributed by atoms with van der Waals surface area (Å²) >= 11 is 9.05. The number of benzene rings is 1. The van der Waals surface area contributed by atoms with Gasteiger partial charge < -0.3 is 4.90 Å². The average Bonchev–Trinajstić information content (AvgIpc) is 3.22. The van der Waals surface area contributed by atoms with Gasteiger partial charge in [-0.3, -0.25) is 14.2 Å². The smallest absolute Gasteiger partial charge is 0.276 e. The van der Waals surface area contributed by atoms with Crippen LogP contribution in [-0.2, 0) is 4.79 Å². The van der Waals surface area contributed by atoms with Crippen LogP contribution in [0.15, 0.2) is 45.7 Å². The summed E-state index contributed by atoms with van der Waals surface area (Å²) in [7, 11) is 0. The molecule has 0 aliphatic carbocycles. The number of amides is 1. The molecule has 0 radical (unpaired) electrons. The highest BCUT2D eigenvalue weighted by Crippen LogP contribution is 2.28. The van der Waals surface area contributed by atoms with Gasteiger partial charge in [0.1, 0.15) is 4.70 Å². The number of likely N-dealkylation sites (tertiary alicyclic amines) is 1. The Kier molecular flexibility index (Phi) is 6.27. The van der Waals surface area contributed by atoms with E-state index in [1.165, 1.54) is 34.1 Å². The molecule has 1 amide bonds. The number of piperidine rings is 1. The minimum atomic E-state index is -0.155. The van der Waals surface area contributed by atoms with Crippen LogP contribution >= 0.6 is 34.7 Å². The quantitative estimate of drug-likeness (QED) is 0.408. The van der Waals surface area contributed by atoms with Gasteiger partial charge in [0.05, 0.1) is 22.0 Å². The molecule has 1 fully saturated rings. The molecular weight excluding hydrogens is 426 g/mol. The standard InChI is InChI=1S/C21H22ClN3O2S2/c1-2-14-7-5-6-11-24(14)18(26)13-29-21-23-16-10-12-28-19(16)20(27)25(21)17-9-4-3-8-15(17)22/h3-4,8-10,12,14H,2,5-7,11,13H2,1H3/t14-/m0/s1. The number of rotatable bonds is 5. The van der Waals surface area contributed by atoms with Gasteiger partial charge in [-0.25, -0.2) is 4.98 Å². The molecule has 5 nitrogen and oxygen atoms in total. The molecule has 0 spiro atoms. The second-order valence-electron chi connectivity index (χ2n) is 7.05. The van der Waals surface area contributed by atoms with Crippen molar-refractivity contribution in [1.29, 1.82) is 0 Å².